The van der Waals surface area contributed by atoms with Gasteiger partial charge < -0.3 is 0 Å². The highest BCUT2D eigenvalue weighted by Gasteiger charge is 1.86. The van der Waals surface area contributed by atoms with Crippen LogP contribution in [0.3, 0.4) is 0 Å². The molecule has 0 saturated carbocycles. The molecule has 0 aliphatic heterocycles. The van der Waals surface area contributed by atoms with E-state index in [1.54, 1.807) is 6.08 Å². The number of carbonyl (C=O) groups is 1. The minimum absolute atomic E-state index is 0.0695. The van der Waals surface area contributed by atoms with E-state index in [1.165, 1.54) is 0 Å². The fourth-order valence-corrected chi connectivity index (χ4v) is 0.355. The van der Waals surface area contributed by atoms with E-state index in [2.05, 4.69) is 19.2 Å². The number of hydrogen-bond donors (Lipinski definition) is 1. The van der Waals surface area contributed by atoms with E-state index in [4.69, 9.17) is 0 Å². The Balaban J connectivity index is 2.97. The largest absolute Gasteiger partial charge is 0.287 e. The Kier molecular flexibility index (Phi) is 3.80. The van der Waals surface area contributed by atoms with Crippen molar-refractivity contribution in [3.8, 4) is 0 Å². The van der Waals surface area contributed by atoms with Gasteiger partial charge >= 0.3 is 0 Å². The summed E-state index contributed by atoms with van der Waals surface area (Å²) in [5, 5.41) is -0.0695. The van der Waals surface area contributed by atoms with Crippen molar-refractivity contribution in [1.82, 2.24) is 0 Å². The third kappa shape index (κ3) is 5.76. The third-order valence-corrected chi connectivity index (χ3v) is 0.786. The SMILES string of the molecule is C=CCCC(=O)S. The molecule has 0 saturated heterocycles. The van der Waals surface area contributed by atoms with Gasteiger partial charge in [-0.3, -0.25) is 4.79 Å². The fraction of sp³-hybridized carbons (Fsp3) is 0.400. The van der Waals surface area contributed by atoms with Crippen LogP contribution in [0.5, 0.6) is 0 Å². The normalized spacial score (nSPS) is 8.14. The predicted molar refractivity (Wildman–Crippen MR) is 33.4 cm³/mol. The summed E-state index contributed by atoms with van der Waals surface area (Å²) < 4.78 is 0. The minimum Gasteiger partial charge on any atom is -0.287 e. The van der Waals surface area contributed by atoms with Crippen LogP contribution in [0.2, 0.25) is 0 Å². The average molecular weight is 116 g/mol. The van der Waals surface area contributed by atoms with Gasteiger partial charge in [0.1, 0.15) is 0 Å². The number of hydrogen-bond acceptors (Lipinski definition) is 1. The lowest BCUT2D eigenvalue weighted by Crippen LogP contribution is -1.81. The van der Waals surface area contributed by atoms with Crippen molar-refractivity contribution >= 4 is 17.7 Å². The van der Waals surface area contributed by atoms with Crippen LogP contribution in [-0.2, 0) is 4.79 Å². The second kappa shape index (κ2) is 3.93. The molecular weight excluding hydrogens is 108 g/mol. The van der Waals surface area contributed by atoms with Crippen molar-refractivity contribution in [3.05, 3.63) is 12.7 Å². The highest BCUT2D eigenvalue weighted by Crippen LogP contribution is 1.92. The molecule has 0 bridgehead atoms. The van der Waals surface area contributed by atoms with Crippen molar-refractivity contribution in [3.63, 3.8) is 0 Å². The second-order valence-corrected chi connectivity index (χ2v) is 1.72. The maximum absolute atomic E-state index is 10.0. The van der Waals surface area contributed by atoms with E-state index in [-0.39, 0.29) is 5.12 Å². The molecule has 0 rings (SSSR count). The Bertz CT molecular complexity index is 78.1. The molecule has 0 unspecified atom stereocenters. The van der Waals surface area contributed by atoms with Crippen LogP contribution in [0.4, 0.5) is 0 Å². The molecule has 0 radical (unpaired) electrons. The molecule has 0 N–H and O–H groups in total. The molecule has 1 nitrogen and oxygen atoms in total. The first kappa shape index (κ1) is 6.76. The van der Waals surface area contributed by atoms with Gasteiger partial charge in [-0.2, -0.15) is 0 Å². The molecule has 0 heterocycles. The molecule has 7 heavy (non-hydrogen) atoms. The Labute approximate surface area is 48.8 Å². The molecule has 0 amide bonds. The van der Waals surface area contributed by atoms with Crippen LogP contribution in [0.25, 0.3) is 0 Å². The molecule has 0 aromatic rings. The summed E-state index contributed by atoms with van der Waals surface area (Å²) in [4.78, 5) is 10.0. The smallest absolute Gasteiger partial charge is 0.186 e. The van der Waals surface area contributed by atoms with Crippen LogP contribution in [-0.4, -0.2) is 5.12 Å². The van der Waals surface area contributed by atoms with Gasteiger partial charge in [0.15, 0.2) is 5.12 Å². The molecule has 40 valence electrons. The first-order valence-corrected chi connectivity index (χ1v) is 2.54. The fourth-order valence-electron chi connectivity index (χ4n) is 0.226. The molecule has 0 fully saturated rings. The quantitative estimate of drug-likeness (QED) is 0.436. The van der Waals surface area contributed by atoms with E-state index in [0.717, 1.165) is 6.42 Å². The summed E-state index contributed by atoms with van der Waals surface area (Å²) >= 11 is 3.55. The Morgan fingerprint density at radius 1 is 1.86 bits per heavy atom. The Hall–Kier alpha value is -0.240. The van der Waals surface area contributed by atoms with Crippen LogP contribution in [0, 0.1) is 0 Å². The lowest BCUT2D eigenvalue weighted by molar-refractivity contribution is -0.110. The van der Waals surface area contributed by atoms with Crippen LogP contribution in [0.1, 0.15) is 12.8 Å². The molecule has 2 heteroatoms. The van der Waals surface area contributed by atoms with Gasteiger partial charge in [0, 0.05) is 6.42 Å². The van der Waals surface area contributed by atoms with E-state index in [0.29, 0.717) is 6.42 Å². The van der Waals surface area contributed by atoms with Gasteiger partial charge in [0.2, 0.25) is 0 Å². The molecule has 0 aliphatic rings. The molecule has 0 aromatic heterocycles. The van der Waals surface area contributed by atoms with Crippen molar-refractivity contribution in [1.29, 1.82) is 0 Å². The van der Waals surface area contributed by atoms with Crippen molar-refractivity contribution < 1.29 is 4.79 Å². The molecule has 0 aromatic carbocycles. The highest BCUT2D eigenvalue weighted by atomic mass is 32.1. The van der Waals surface area contributed by atoms with Gasteiger partial charge in [0.25, 0.3) is 0 Å². The van der Waals surface area contributed by atoms with E-state index >= 15 is 0 Å². The maximum Gasteiger partial charge on any atom is 0.186 e. The number of allylic oxidation sites excluding steroid dienone is 1. The topological polar surface area (TPSA) is 17.1 Å². The van der Waals surface area contributed by atoms with E-state index in [1.807, 2.05) is 0 Å². The van der Waals surface area contributed by atoms with E-state index < -0.39 is 0 Å². The first-order valence-electron chi connectivity index (χ1n) is 2.10. The van der Waals surface area contributed by atoms with Crippen molar-refractivity contribution in [2.75, 3.05) is 0 Å². The lowest BCUT2D eigenvalue weighted by atomic mass is 10.3. The standard InChI is InChI=1S/C5H8OS/c1-2-3-4-5(6)7/h2H,1,3-4H2,(H,6,7). The highest BCUT2D eigenvalue weighted by molar-refractivity contribution is 7.96. The maximum atomic E-state index is 10.0. The minimum atomic E-state index is -0.0695. The average Bonchev–Trinajstić information content (AvgIpc) is 1.61. The predicted octanol–water partition coefficient (Wildman–Crippen LogP) is 1.41. The molecular formula is C5H8OS. The summed E-state index contributed by atoms with van der Waals surface area (Å²) in [7, 11) is 0. The Morgan fingerprint density at radius 3 is 2.57 bits per heavy atom. The zero-order chi connectivity index (χ0) is 5.70. The molecule has 0 aliphatic carbocycles. The zero-order valence-electron chi connectivity index (χ0n) is 4.05. The summed E-state index contributed by atoms with van der Waals surface area (Å²) in [6.45, 7) is 3.45. The zero-order valence-corrected chi connectivity index (χ0v) is 4.95. The van der Waals surface area contributed by atoms with Crippen molar-refractivity contribution in [2.24, 2.45) is 0 Å². The molecule has 0 spiro atoms. The van der Waals surface area contributed by atoms with E-state index in [9.17, 15) is 4.79 Å². The van der Waals surface area contributed by atoms with Gasteiger partial charge in [0.05, 0.1) is 0 Å². The van der Waals surface area contributed by atoms with Gasteiger partial charge in [-0.15, -0.1) is 19.2 Å². The van der Waals surface area contributed by atoms with Crippen LogP contribution < -0.4 is 0 Å². The molecule has 0 atom stereocenters. The summed E-state index contributed by atoms with van der Waals surface area (Å²) in [6, 6.07) is 0. The summed E-state index contributed by atoms with van der Waals surface area (Å²) in [5.74, 6) is 0. The van der Waals surface area contributed by atoms with Gasteiger partial charge in [-0.1, -0.05) is 6.08 Å². The number of thiol groups is 1. The second-order valence-electron chi connectivity index (χ2n) is 1.22. The summed E-state index contributed by atoms with van der Waals surface area (Å²) in [5.41, 5.74) is 0. The monoisotopic (exact) mass is 116 g/mol. The van der Waals surface area contributed by atoms with Crippen LogP contribution >= 0.6 is 12.6 Å². The number of carbonyl (C=O) groups excluding carboxylic acids is 1. The van der Waals surface area contributed by atoms with Crippen LogP contribution in [0.15, 0.2) is 12.7 Å². The number of rotatable bonds is 3. The lowest BCUT2D eigenvalue weighted by Gasteiger charge is -1.81. The summed E-state index contributed by atoms with van der Waals surface area (Å²) in [6.07, 6.45) is 2.95. The third-order valence-electron chi connectivity index (χ3n) is 0.562. The van der Waals surface area contributed by atoms with Gasteiger partial charge in [-0.05, 0) is 6.42 Å². The van der Waals surface area contributed by atoms with Crippen molar-refractivity contribution in [2.45, 2.75) is 12.8 Å². The Morgan fingerprint density at radius 2 is 2.43 bits per heavy atom. The van der Waals surface area contributed by atoms with Gasteiger partial charge in [-0.25, -0.2) is 0 Å². The first-order chi connectivity index (χ1) is 3.27.